The van der Waals surface area contributed by atoms with Gasteiger partial charge in [-0.3, -0.25) is 0 Å². The van der Waals surface area contributed by atoms with Crippen LogP contribution in [0.15, 0.2) is 4.36 Å². The van der Waals surface area contributed by atoms with Gasteiger partial charge in [0.25, 0.3) is 0 Å². The van der Waals surface area contributed by atoms with E-state index in [-0.39, 0.29) is 0 Å². The van der Waals surface area contributed by atoms with Crippen molar-refractivity contribution in [2.24, 2.45) is 4.36 Å². The zero-order valence-corrected chi connectivity index (χ0v) is 3.84. The van der Waals surface area contributed by atoms with E-state index in [1.165, 1.54) is 0 Å². The van der Waals surface area contributed by atoms with Gasteiger partial charge in [-0.2, -0.15) is 8.42 Å². The number of carboxylic acid groups (broad SMARTS) is 1. The molecule has 0 aliphatic carbocycles. The predicted molar refractivity (Wildman–Crippen MR) is 19.4 cm³/mol. The molecule has 0 unspecified atom stereocenters. The summed E-state index contributed by atoms with van der Waals surface area (Å²) in [4.78, 5) is 9.25. The highest BCUT2D eigenvalue weighted by molar-refractivity contribution is 7.62. The lowest BCUT2D eigenvalue weighted by Crippen LogP contribution is -1.80. The highest BCUT2D eigenvalue weighted by Gasteiger charge is 1.84. The van der Waals surface area contributed by atoms with Crippen LogP contribution in [0.4, 0.5) is 4.79 Å². The predicted octanol–water partition coefficient (Wildman–Crippen LogP) is -0.273. The van der Waals surface area contributed by atoms with Crippen LogP contribution >= 0.6 is 0 Å². The first-order chi connectivity index (χ1) is 3.13. The number of rotatable bonds is 0. The van der Waals surface area contributed by atoms with Gasteiger partial charge in [0.15, 0.2) is 0 Å². The molecular weight excluding hydrogens is 122 g/mol. The van der Waals surface area contributed by atoms with E-state index in [0.29, 0.717) is 0 Å². The highest BCUT2D eigenvalue weighted by Crippen LogP contribution is 1.65. The van der Waals surface area contributed by atoms with E-state index in [9.17, 15) is 13.2 Å². The van der Waals surface area contributed by atoms with E-state index in [1.54, 1.807) is 0 Å². The number of amides is 1. The van der Waals surface area contributed by atoms with Crippen LogP contribution in [0.1, 0.15) is 0 Å². The van der Waals surface area contributed by atoms with Gasteiger partial charge in [0.1, 0.15) is 0 Å². The van der Waals surface area contributed by atoms with E-state index >= 15 is 0 Å². The minimum atomic E-state index is -2.82. The molecule has 0 atom stereocenters. The van der Waals surface area contributed by atoms with E-state index < -0.39 is 16.6 Å². The second-order valence-electron chi connectivity index (χ2n) is 0.591. The second-order valence-corrected chi connectivity index (χ2v) is 1.21. The topological polar surface area (TPSA) is 83.8 Å². The largest absolute Gasteiger partial charge is 0.463 e. The third kappa shape index (κ3) is 5.09. The smallest absolute Gasteiger partial charge is 0.446 e. The van der Waals surface area contributed by atoms with Crippen molar-refractivity contribution in [1.82, 2.24) is 0 Å². The maximum absolute atomic E-state index is 9.26. The summed E-state index contributed by atoms with van der Waals surface area (Å²) in [5.74, 6) is 0. The normalized spacial score (nSPS) is 7.43. The quantitative estimate of drug-likeness (QED) is 0.480. The van der Waals surface area contributed by atoms with E-state index in [4.69, 9.17) is 5.11 Å². The fraction of sp³-hybridized carbons (Fsp3) is 0. The molecule has 6 heteroatoms. The standard InChI is InChI=1S/CHNO4S/c3-1(4)2-7(5)6/h(H,3,4). The van der Waals surface area contributed by atoms with Crippen molar-refractivity contribution in [3.05, 3.63) is 0 Å². The number of nitrogens with zero attached hydrogens (tertiary/aromatic N) is 1. The van der Waals surface area contributed by atoms with Crippen LogP contribution in [0, 0.1) is 0 Å². The monoisotopic (exact) mass is 123 g/mol. The maximum atomic E-state index is 9.26. The van der Waals surface area contributed by atoms with Crippen molar-refractivity contribution in [1.29, 1.82) is 0 Å². The van der Waals surface area contributed by atoms with Gasteiger partial charge < -0.3 is 5.11 Å². The van der Waals surface area contributed by atoms with Crippen molar-refractivity contribution in [2.75, 3.05) is 0 Å². The van der Waals surface area contributed by atoms with Gasteiger partial charge in [-0.1, -0.05) is 4.36 Å². The molecule has 0 aromatic rings. The molecule has 1 amide bonds. The van der Waals surface area contributed by atoms with Crippen LogP contribution in [0.5, 0.6) is 0 Å². The molecule has 0 aliphatic heterocycles. The summed E-state index contributed by atoms with van der Waals surface area (Å²) >= 11 is 0. The van der Waals surface area contributed by atoms with E-state index in [2.05, 4.69) is 4.36 Å². The van der Waals surface area contributed by atoms with Gasteiger partial charge >= 0.3 is 16.6 Å². The molecule has 0 bridgehead atoms. The summed E-state index contributed by atoms with van der Waals surface area (Å²) < 4.78 is 20.6. The van der Waals surface area contributed by atoms with Gasteiger partial charge in [0.05, 0.1) is 0 Å². The first-order valence-corrected chi connectivity index (χ1v) is 2.20. The Labute approximate surface area is 40.3 Å². The molecule has 7 heavy (non-hydrogen) atoms. The van der Waals surface area contributed by atoms with Crippen LogP contribution in [0.25, 0.3) is 0 Å². The van der Waals surface area contributed by atoms with Crippen molar-refractivity contribution in [3.8, 4) is 0 Å². The van der Waals surface area contributed by atoms with Gasteiger partial charge in [-0.05, 0) is 0 Å². The zero-order valence-electron chi connectivity index (χ0n) is 3.03. The lowest BCUT2D eigenvalue weighted by atomic mass is 11.3. The molecule has 0 aromatic carbocycles. The maximum Gasteiger partial charge on any atom is 0.446 e. The van der Waals surface area contributed by atoms with Gasteiger partial charge in [0, 0.05) is 0 Å². The zero-order chi connectivity index (χ0) is 5.86. The third-order valence-corrected chi connectivity index (χ3v) is 0.458. The summed E-state index contributed by atoms with van der Waals surface area (Å²) in [5, 5.41) is 7.52. The minimum Gasteiger partial charge on any atom is -0.463 e. The summed E-state index contributed by atoms with van der Waals surface area (Å²) in [6.45, 7) is 0. The molecule has 40 valence electrons. The van der Waals surface area contributed by atoms with Gasteiger partial charge in [-0.15, -0.1) is 0 Å². The fourth-order valence-corrected chi connectivity index (χ4v) is 0.191. The number of hydrogen-bond donors (Lipinski definition) is 1. The van der Waals surface area contributed by atoms with Crippen LogP contribution in [-0.4, -0.2) is 19.6 Å². The van der Waals surface area contributed by atoms with Crippen molar-refractivity contribution >= 4 is 16.6 Å². The lowest BCUT2D eigenvalue weighted by Gasteiger charge is -1.62. The molecule has 0 spiro atoms. The first kappa shape index (κ1) is 6.09. The molecule has 1 N–H and O–H groups in total. The molecule has 0 heterocycles. The SMILES string of the molecule is O=C(O)N=S(=O)=O. The van der Waals surface area contributed by atoms with Crippen molar-refractivity contribution in [3.63, 3.8) is 0 Å². The molecule has 0 saturated heterocycles. The van der Waals surface area contributed by atoms with Gasteiger partial charge in [-0.25, -0.2) is 4.79 Å². The third-order valence-electron chi connectivity index (χ3n) is 0.153. The molecular formula is CHNO4S. The Bertz CT molecular complexity index is 180. The Morgan fingerprint density at radius 2 is 2.00 bits per heavy atom. The summed E-state index contributed by atoms with van der Waals surface area (Å²) in [6, 6.07) is 0. The number of hydrogen-bond acceptors (Lipinski definition) is 3. The lowest BCUT2D eigenvalue weighted by molar-refractivity contribution is 0.206. The van der Waals surface area contributed by atoms with Gasteiger partial charge in [0.2, 0.25) is 0 Å². The van der Waals surface area contributed by atoms with Crippen LogP contribution < -0.4 is 0 Å². The Kier molecular flexibility index (Phi) is 2.00. The number of carbonyl (C=O) groups is 1. The van der Waals surface area contributed by atoms with Crippen molar-refractivity contribution < 1.29 is 18.3 Å². The Morgan fingerprint density at radius 3 is 2.00 bits per heavy atom. The summed E-state index contributed by atoms with van der Waals surface area (Å²) in [6.07, 6.45) is -1.70. The van der Waals surface area contributed by atoms with Crippen molar-refractivity contribution in [2.45, 2.75) is 0 Å². The second kappa shape index (κ2) is 2.30. The Morgan fingerprint density at radius 1 is 1.57 bits per heavy atom. The molecule has 0 fully saturated rings. The molecule has 0 rings (SSSR count). The van der Waals surface area contributed by atoms with E-state index in [0.717, 1.165) is 0 Å². The Balaban J connectivity index is 4.26. The summed E-state index contributed by atoms with van der Waals surface area (Å²) in [7, 11) is -2.82. The fourth-order valence-electron chi connectivity index (χ4n) is 0.0638. The van der Waals surface area contributed by atoms with Crippen LogP contribution in [0.2, 0.25) is 0 Å². The first-order valence-electron chi connectivity index (χ1n) is 1.17. The average Bonchev–Trinajstić information content (AvgIpc) is 1.27. The molecule has 0 aromatic heterocycles. The average molecular weight is 123 g/mol. The molecule has 5 nitrogen and oxygen atoms in total. The Hall–Kier alpha value is -0.910. The molecule has 0 radical (unpaired) electrons. The van der Waals surface area contributed by atoms with Crippen LogP contribution in [0.3, 0.4) is 0 Å². The molecule has 0 aliphatic rings. The minimum absolute atomic E-state index is 1.70. The highest BCUT2D eigenvalue weighted by atomic mass is 32.2. The summed E-state index contributed by atoms with van der Waals surface area (Å²) in [5.41, 5.74) is 0. The van der Waals surface area contributed by atoms with E-state index in [1.807, 2.05) is 0 Å². The molecule has 0 saturated carbocycles. The van der Waals surface area contributed by atoms with Crippen LogP contribution in [-0.2, 0) is 10.5 Å².